The van der Waals surface area contributed by atoms with E-state index in [-0.39, 0.29) is 118 Å². The van der Waals surface area contributed by atoms with Gasteiger partial charge in [-0.05, 0) is 169 Å². The number of hydrogen-bond donors (Lipinski definition) is 2. The molecule has 2 N–H and O–H groups in total. The molecule has 4 fully saturated rings. The van der Waals surface area contributed by atoms with Gasteiger partial charge in [-0.25, -0.2) is 53.9 Å². The molecule has 0 bridgehead atoms. The Kier molecular flexibility index (Phi) is 32.8. The third-order valence-electron chi connectivity index (χ3n) is 23.2. The van der Waals surface area contributed by atoms with Crippen molar-refractivity contribution in [1.82, 2.24) is 44.0 Å². The van der Waals surface area contributed by atoms with Crippen molar-refractivity contribution in [3.05, 3.63) is 185 Å². The second-order valence-electron chi connectivity index (χ2n) is 38.3. The lowest BCUT2D eigenvalue weighted by molar-refractivity contribution is -0.118. The molecule has 6 atom stereocenters. The number of nitrogens with zero attached hydrogens (tertiary/aromatic N) is 11. The van der Waals surface area contributed by atoms with Gasteiger partial charge in [0.2, 0.25) is 0 Å². The highest BCUT2D eigenvalue weighted by Gasteiger charge is 2.58. The number of aliphatic hydroxyl groups excluding tert-OH is 1. The Morgan fingerprint density at radius 1 is 0.457 bits per heavy atom. The molecule has 140 heavy (non-hydrogen) atoms. The number of halogens is 13. The fourth-order valence-corrected chi connectivity index (χ4v) is 18.6. The largest absolute Gasteiger partial charge is 0.497 e. The lowest BCUT2D eigenvalue weighted by Crippen LogP contribution is -2.43. The summed E-state index contributed by atoms with van der Waals surface area (Å²) in [6.07, 6.45) is 0.533. The number of aromatic amines is 1. The molecule has 0 unspecified atom stereocenters. The molecule has 0 spiro atoms. The van der Waals surface area contributed by atoms with Gasteiger partial charge >= 0.3 is 36.9 Å². The zero-order valence-corrected chi connectivity index (χ0v) is 86.2. The number of fused-ring (bicyclic) bond motifs is 3. The van der Waals surface area contributed by atoms with E-state index in [1.807, 2.05) is 45.9 Å². The van der Waals surface area contributed by atoms with Crippen molar-refractivity contribution in [2.24, 2.45) is 13.1 Å². The van der Waals surface area contributed by atoms with Crippen molar-refractivity contribution in [2.75, 3.05) is 77.2 Å². The maximum atomic E-state index is 15.6. The van der Waals surface area contributed by atoms with E-state index in [1.54, 1.807) is 105 Å². The lowest BCUT2D eigenvalue weighted by Gasteiger charge is -2.32. The summed E-state index contributed by atoms with van der Waals surface area (Å²) in [7, 11) is -10.3. The van der Waals surface area contributed by atoms with Crippen LogP contribution in [0.1, 0.15) is 54.4 Å². The van der Waals surface area contributed by atoms with Crippen LogP contribution in [0.5, 0.6) is 18.0 Å². The number of pyridine rings is 3. The summed E-state index contributed by atoms with van der Waals surface area (Å²) < 4.78 is 283. The molecule has 0 radical (unpaired) electrons. The quantitative estimate of drug-likeness (QED) is 0.0199. The van der Waals surface area contributed by atoms with Gasteiger partial charge in [-0.3, -0.25) is 9.13 Å². The number of nitrogens with one attached hydrogen (secondary N) is 1. The number of ether oxygens (including phenoxy) is 8. The van der Waals surface area contributed by atoms with E-state index in [9.17, 15) is 52.1 Å². The van der Waals surface area contributed by atoms with E-state index in [1.165, 1.54) is 70.6 Å². The Morgan fingerprint density at radius 3 is 1.19 bits per heavy atom. The molecule has 6 aromatic carbocycles. The SMILES string of the molecule is CC1(C)OB(c2ccc(-c3ccc(N=S(C)(C)=O)cc3)cc2F)OC1(C)C.CC[C@H]1OC[C@@H](Oc2nc3nc(-c4ccc(-c5ccc(N=S(C)(C)=O)cc5)cc4F)c(F)cc3n2COCC[Si](C)(C)C)C1(F)F.CC[C@H]1OC[C@@H](Oc2nc3nc(Br)c(F)cc3n2COCC[Si](C)(C)C)C1(F)F.CS(C)(=O)=Nc1ccc(-c2ccc(-c3nc4nc(O[C@@H]5CO[C@H](CO)C5(F)F)[nH]c4cc3F)c(F)c2)cc1. The van der Waals surface area contributed by atoms with Crippen LogP contribution in [0.25, 0.3) is 89.4 Å². The Labute approximate surface area is 815 Å². The number of benzene rings is 6. The van der Waals surface area contributed by atoms with Gasteiger partial charge in [-0.2, -0.15) is 54.4 Å². The van der Waals surface area contributed by atoms with Gasteiger partial charge in [-0.15, -0.1) is 0 Å². The van der Waals surface area contributed by atoms with Gasteiger partial charge in [0.15, 0.2) is 52.7 Å². The van der Waals surface area contributed by atoms with Crippen LogP contribution in [0.2, 0.25) is 51.4 Å². The predicted molar refractivity (Wildman–Crippen MR) is 525 cm³/mol. The Balaban J connectivity index is 0.000000161. The number of imidazole rings is 3. The zero-order chi connectivity index (χ0) is 102. The summed E-state index contributed by atoms with van der Waals surface area (Å²) in [6.45, 7) is 23.1. The van der Waals surface area contributed by atoms with Crippen LogP contribution in [-0.4, -0.2) is 228 Å². The van der Waals surface area contributed by atoms with E-state index >= 15 is 13.2 Å². The third kappa shape index (κ3) is 26.1. The molecule has 45 heteroatoms. The van der Waals surface area contributed by atoms with Gasteiger partial charge < -0.3 is 57.3 Å². The first kappa shape index (κ1) is 108. The van der Waals surface area contributed by atoms with Gasteiger partial charge in [0.1, 0.15) is 65.2 Å². The number of aromatic nitrogens is 9. The monoisotopic (exact) mass is 2110 g/mol. The number of H-pyrrole nitrogens is 1. The summed E-state index contributed by atoms with van der Waals surface area (Å²) in [6, 6.07) is 38.9. The van der Waals surface area contributed by atoms with E-state index in [0.29, 0.717) is 63.5 Å². The fourth-order valence-electron chi connectivity index (χ4n) is 14.9. The van der Waals surface area contributed by atoms with Crippen LogP contribution in [0.4, 0.5) is 69.7 Å². The lowest BCUT2D eigenvalue weighted by atomic mass is 9.78. The first-order valence-electron chi connectivity index (χ1n) is 44.6. The molecular formula is C95H110BBrF12N12O14S3Si2. The number of rotatable bonds is 28. The normalized spacial score (nSPS) is 19.3. The van der Waals surface area contributed by atoms with Crippen LogP contribution in [0.15, 0.2) is 163 Å². The standard InChI is InChI=1S/C32H38F4N4O4SSi.C25H22F4N4O4S.C20H25BFNO3S.C18H25BrF3N3O3Si/c1-7-27-32(35,36)28(18-43-27)44-31-38-30-26(40(31)19-42-14-15-46(4,5)6)17-25(34)29(37-30)23-13-10-21(16-24(23)33)20-8-11-22(12-9-20)39-45(2,3)41;1-38(2,35)33-15-6-3-13(4-7-15)14-5-8-16(17(26)9-14)22-18(27)10-19-23(31-22)32-24(30-19)37-21-12-36-20(11-34)25(21,28)29;1-19(2)20(3,4)26-21(25-19)17-12-9-15(13-18(17)22)14-7-10-16(11-8-14)23-27(5,6)24;1-5-13-18(21,22)14(9-27-13)28-17-24-16-12(8-11(20)15(19)23-16)25(17)10-26-6-7-29(2,3)4/h8-13,16-17,27-28H,7,14-15,18-19H2,1-6H3;3-10,20-21,34H,11-12H2,1-2H3,(H,30,31,32);7-13H,1-6H3;8,13-14H,5-7,9-10H2,1-4H3/t27-,28-;20-,21-;;13-,14-/m11.1/s1. The Bertz CT molecular complexity index is 6900. The van der Waals surface area contributed by atoms with Crippen LogP contribution >= 0.6 is 15.9 Å². The van der Waals surface area contributed by atoms with E-state index < -0.39 is 160 Å². The summed E-state index contributed by atoms with van der Waals surface area (Å²) >= 11 is 3.02. The molecule has 4 aliphatic rings. The van der Waals surface area contributed by atoms with E-state index in [0.717, 1.165) is 35.3 Å². The minimum atomic E-state index is -3.47. The van der Waals surface area contributed by atoms with E-state index in [4.69, 9.17) is 52.3 Å². The molecule has 16 rings (SSSR count). The predicted octanol–water partition coefficient (Wildman–Crippen LogP) is 21.6. The van der Waals surface area contributed by atoms with Gasteiger partial charge in [-0.1, -0.05) is 114 Å². The highest BCUT2D eigenvalue weighted by molar-refractivity contribution is 9.10. The molecule has 12 aromatic rings. The summed E-state index contributed by atoms with van der Waals surface area (Å²) in [5, 5.41) is 9.04. The van der Waals surface area contributed by atoms with Crippen LogP contribution in [-0.2, 0) is 75.6 Å². The number of hydrogen-bond acceptors (Lipinski definition) is 23. The summed E-state index contributed by atoms with van der Waals surface area (Å²) in [5.74, 6) is -14.0. The van der Waals surface area contributed by atoms with Crippen LogP contribution in [0, 0.1) is 34.9 Å². The highest BCUT2D eigenvalue weighted by atomic mass is 79.9. The molecular weight excluding hydrogens is 2000 g/mol. The Morgan fingerprint density at radius 2 is 0.814 bits per heavy atom. The molecule has 0 saturated carbocycles. The maximum absolute atomic E-state index is 15.6. The van der Waals surface area contributed by atoms with Crippen LogP contribution in [0.3, 0.4) is 0 Å². The van der Waals surface area contributed by atoms with Crippen molar-refractivity contribution in [3.8, 4) is 73.9 Å². The number of aliphatic hydroxyl groups is 1. The van der Waals surface area contributed by atoms with E-state index in [2.05, 4.69) is 103 Å². The first-order chi connectivity index (χ1) is 65.4. The fraction of sp³-hybridized carbons (Fsp3) is 0.432. The minimum absolute atomic E-state index is 0.00454. The number of alkyl halides is 6. The summed E-state index contributed by atoms with van der Waals surface area (Å²) in [5.41, 5.74) is 4.86. The minimum Gasteiger partial charge on any atom is -0.452 e. The average molecular weight is 2120 g/mol. The zero-order valence-electron chi connectivity index (χ0n) is 80.2. The van der Waals surface area contributed by atoms with Crippen molar-refractivity contribution in [3.63, 3.8) is 0 Å². The Hall–Kier alpha value is -9.75. The highest BCUT2D eigenvalue weighted by Crippen LogP contribution is 2.44. The third-order valence-corrected chi connectivity index (χ3v) is 29.1. The molecule has 10 heterocycles. The average Bonchev–Trinajstić information content (AvgIpc) is 1.53. The second kappa shape index (κ2) is 42.7. The van der Waals surface area contributed by atoms with Gasteiger partial charge in [0.05, 0.1) is 71.2 Å². The smallest absolute Gasteiger partial charge is 0.452 e. The molecule has 0 amide bonds. The van der Waals surface area contributed by atoms with Crippen molar-refractivity contribution < 1.29 is 118 Å². The topological polar surface area (TPSA) is 304 Å². The van der Waals surface area contributed by atoms with Crippen LogP contribution < -0.4 is 19.7 Å². The molecule has 0 aliphatic carbocycles. The molecule has 4 aliphatic heterocycles. The molecule has 26 nitrogen and oxygen atoms in total. The second-order valence-corrected chi connectivity index (χ2v) is 57.9. The van der Waals surface area contributed by atoms with Crippen molar-refractivity contribution >= 4 is 124 Å². The maximum Gasteiger partial charge on any atom is 0.497 e. The molecule has 6 aromatic heterocycles. The van der Waals surface area contributed by atoms with Gasteiger partial charge in [0.25, 0.3) is 6.01 Å². The summed E-state index contributed by atoms with van der Waals surface area (Å²) in [4.78, 5) is 27.5. The van der Waals surface area contributed by atoms with Crippen molar-refractivity contribution in [1.29, 1.82) is 0 Å². The molecule has 754 valence electrons. The molecule has 4 saturated heterocycles. The van der Waals surface area contributed by atoms with Gasteiger partial charge in [0, 0.05) is 131 Å². The van der Waals surface area contributed by atoms with Crippen molar-refractivity contribution in [2.45, 2.75) is 185 Å². The first-order valence-corrected chi connectivity index (χ1v) is 59.8.